The zero-order valence-electron chi connectivity index (χ0n) is 21.0. The Hall–Kier alpha value is -4.55. The first-order chi connectivity index (χ1) is 18.5. The Morgan fingerprint density at radius 2 is 1.71 bits per heavy atom. The van der Waals surface area contributed by atoms with E-state index in [0.717, 1.165) is 11.3 Å². The molecule has 3 aromatic rings. The molecule has 0 fully saturated rings. The molecular formula is C29H27N5O3S. The molecule has 2 aromatic carbocycles. The van der Waals surface area contributed by atoms with Crippen molar-refractivity contribution in [3.05, 3.63) is 107 Å². The first kappa shape index (κ1) is 26.5. The fraction of sp³-hybridized carbons (Fsp3) is 0.172. The normalized spacial score (nSPS) is 14.8. The molecule has 0 unspecified atom stereocenters. The molecule has 0 aliphatic carbocycles. The van der Waals surface area contributed by atoms with E-state index in [0.29, 0.717) is 39.9 Å². The highest BCUT2D eigenvalue weighted by atomic mass is 32.2. The number of nitrogens with zero attached hydrogens (tertiary/aromatic N) is 2. The lowest BCUT2D eigenvalue weighted by Crippen LogP contribution is -2.31. The van der Waals surface area contributed by atoms with Gasteiger partial charge in [0.25, 0.3) is 5.91 Å². The summed E-state index contributed by atoms with van der Waals surface area (Å²) < 4.78 is 5.43. The highest BCUT2D eigenvalue weighted by Gasteiger charge is 2.34. The van der Waals surface area contributed by atoms with Gasteiger partial charge in [-0.25, -0.2) is 0 Å². The monoisotopic (exact) mass is 525 g/mol. The molecule has 0 bridgehead atoms. The summed E-state index contributed by atoms with van der Waals surface area (Å²) in [6.07, 6.45) is 3.26. The van der Waals surface area contributed by atoms with Crippen molar-refractivity contribution in [2.24, 2.45) is 0 Å². The van der Waals surface area contributed by atoms with Crippen LogP contribution in [0.2, 0.25) is 0 Å². The number of benzene rings is 2. The number of hydrogen-bond donors (Lipinski definition) is 3. The number of carbonyl (C=O) groups excluding carboxylic acids is 2. The topological polar surface area (TPSA) is 116 Å². The molecule has 8 nitrogen and oxygen atoms in total. The van der Waals surface area contributed by atoms with Gasteiger partial charge in [0, 0.05) is 35.0 Å². The third kappa shape index (κ3) is 6.41. The summed E-state index contributed by atoms with van der Waals surface area (Å²) in [6, 6.07) is 22.1. The van der Waals surface area contributed by atoms with Gasteiger partial charge in [-0.05, 0) is 67.9 Å². The molecule has 0 spiro atoms. The number of nitrogens with one attached hydrogen (secondary N) is 3. The van der Waals surface area contributed by atoms with Gasteiger partial charge in [0.15, 0.2) is 0 Å². The third-order valence-corrected chi connectivity index (χ3v) is 6.78. The first-order valence-corrected chi connectivity index (χ1v) is 13.0. The Labute approximate surface area is 225 Å². The van der Waals surface area contributed by atoms with E-state index in [1.807, 2.05) is 25.1 Å². The van der Waals surface area contributed by atoms with Crippen LogP contribution in [0.15, 0.2) is 101 Å². The van der Waals surface area contributed by atoms with Crippen LogP contribution in [0.4, 0.5) is 11.4 Å². The van der Waals surface area contributed by atoms with Gasteiger partial charge in [-0.1, -0.05) is 30.0 Å². The van der Waals surface area contributed by atoms with E-state index in [1.165, 1.54) is 11.8 Å². The van der Waals surface area contributed by atoms with E-state index in [1.54, 1.807) is 67.8 Å². The molecule has 192 valence electrons. The summed E-state index contributed by atoms with van der Waals surface area (Å²) in [5.74, 6) is -0.354. The number of anilines is 2. The number of aromatic nitrogens is 1. The van der Waals surface area contributed by atoms with E-state index in [4.69, 9.17) is 4.74 Å². The van der Waals surface area contributed by atoms with Crippen molar-refractivity contribution in [1.82, 2.24) is 10.3 Å². The van der Waals surface area contributed by atoms with Gasteiger partial charge >= 0.3 is 0 Å². The number of hydrogen-bond acceptors (Lipinski definition) is 7. The third-order valence-electron chi connectivity index (χ3n) is 5.76. The molecule has 4 rings (SSSR count). The Morgan fingerprint density at radius 3 is 2.37 bits per heavy atom. The number of para-hydroxylation sites is 1. The van der Waals surface area contributed by atoms with E-state index in [2.05, 4.69) is 27.0 Å². The van der Waals surface area contributed by atoms with E-state index in [-0.39, 0.29) is 17.6 Å². The lowest BCUT2D eigenvalue weighted by atomic mass is 9.82. The minimum atomic E-state index is -0.621. The number of dihydropyridines is 1. The van der Waals surface area contributed by atoms with Crippen LogP contribution in [0.5, 0.6) is 5.75 Å². The maximum atomic E-state index is 13.4. The standard InChI is InChI=1S/C29H27N5O3S/c1-3-37-23-11-9-22(10-12-23)33-25(35)18-38-29-24(17-30)27(20-13-15-31-16-14-20)26(19(2)32-29)28(36)34-21-7-5-4-6-8-21/h4-16,27,32H,3,18H2,1-2H3,(H,33,35)(H,34,36)/t27-/m0/s1. The number of carbonyl (C=O) groups is 2. The SMILES string of the molecule is CCOc1ccc(NC(=O)CSC2=C(C#N)[C@H](c3ccncc3)C(C(=O)Nc3ccccc3)=C(C)N2)cc1. The number of allylic oxidation sites excluding steroid dienone is 2. The second-order valence-electron chi connectivity index (χ2n) is 8.35. The largest absolute Gasteiger partial charge is 0.494 e. The van der Waals surface area contributed by atoms with Crippen LogP contribution in [0.25, 0.3) is 0 Å². The van der Waals surface area contributed by atoms with Crippen LogP contribution in [-0.2, 0) is 9.59 Å². The zero-order valence-corrected chi connectivity index (χ0v) is 21.8. The van der Waals surface area contributed by atoms with Crippen molar-refractivity contribution in [2.75, 3.05) is 23.0 Å². The quantitative estimate of drug-likeness (QED) is 0.352. The van der Waals surface area contributed by atoms with Crippen molar-refractivity contribution < 1.29 is 14.3 Å². The van der Waals surface area contributed by atoms with Gasteiger partial charge in [-0.15, -0.1) is 0 Å². The molecular weight excluding hydrogens is 498 g/mol. The number of pyridine rings is 1. The molecule has 9 heteroatoms. The summed E-state index contributed by atoms with van der Waals surface area (Å²) in [5, 5.41) is 19.7. The molecule has 1 aromatic heterocycles. The summed E-state index contributed by atoms with van der Waals surface area (Å²) >= 11 is 1.22. The Bertz CT molecular complexity index is 1400. The number of rotatable bonds is 9. The highest BCUT2D eigenvalue weighted by Crippen LogP contribution is 2.40. The number of amides is 2. The summed E-state index contributed by atoms with van der Waals surface area (Å²) in [5.41, 5.74) is 3.45. The van der Waals surface area contributed by atoms with Crippen LogP contribution >= 0.6 is 11.8 Å². The summed E-state index contributed by atoms with van der Waals surface area (Å²) in [4.78, 5) is 30.2. The van der Waals surface area contributed by atoms with Gasteiger partial charge < -0.3 is 20.7 Å². The average Bonchev–Trinajstić information content (AvgIpc) is 2.93. The van der Waals surface area contributed by atoms with Crippen molar-refractivity contribution in [1.29, 1.82) is 5.26 Å². The maximum absolute atomic E-state index is 13.4. The van der Waals surface area contributed by atoms with Crippen LogP contribution < -0.4 is 20.7 Å². The number of nitriles is 1. The Morgan fingerprint density at radius 1 is 1.03 bits per heavy atom. The van der Waals surface area contributed by atoms with Crippen LogP contribution in [-0.4, -0.2) is 29.2 Å². The lowest BCUT2D eigenvalue weighted by Gasteiger charge is -2.29. The second-order valence-corrected chi connectivity index (χ2v) is 9.33. The molecule has 2 amide bonds. The van der Waals surface area contributed by atoms with E-state index < -0.39 is 5.92 Å². The maximum Gasteiger partial charge on any atom is 0.254 e. The second kappa shape index (κ2) is 12.6. The van der Waals surface area contributed by atoms with Gasteiger partial charge in [0.05, 0.1) is 34.9 Å². The lowest BCUT2D eigenvalue weighted by molar-refractivity contribution is -0.114. The van der Waals surface area contributed by atoms with Crippen LogP contribution in [0.3, 0.4) is 0 Å². The average molecular weight is 526 g/mol. The zero-order chi connectivity index (χ0) is 26.9. The van der Waals surface area contributed by atoms with E-state index >= 15 is 0 Å². The smallest absolute Gasteiger partial charge is 0.254 e. The Balaban J connectivity index is 1.55. The van der Waals surface area contributed by atoms with E-state index in [9.17, 15) is 14.9 Å². The molecule has 0 radical (unpaired) electrons. The van der Waals surface area contributed by atoms with Gasteiger partial charge in [0.1, 0.15) is 5.75 Å². The van der Waals surface area contributed by atoms with Gasteiger partial charge in [-0.2, -0.15) is 5.26 Å². The molecule has 1 aliphatic heterocycles. The molecule has 0 saturated heterocycles. The van der Waals surface area contributed by atoms with Crippen molar-refractivity contribution in [2.45, 2.75) is 19.8 Å². The van der Waals surface area contributed by atoms with Crippen molar-refractivity contribution in [3.63, 3.8) is 0 Å². The van der Waals surface area contributed by atoms with Gasteiger partial charge in [-0.3, -0.25) is 14.6 Å². The predicted octanol–water partition coefficient (Wildman–Crippen LogP) is 5.19. The molecule has 1 atom stereocenters. The highest BCUT2D eigenvalue weighted by molar-refractivity contribution is 8.03. The molecule has 38 heavy (non-hydrogen) atoms. The molecule has 2 heterocycles. The Kier molecular flexibility index (Phi) is 8.80. The van der Waals surface area contributed by atoms with Crippen molar-refractivity contribution in [3.8, 4) is 11.8 Å². The van der Waals surface area contributed by atoms with Crippen LogP contribution in [0.1, 0.15) is 25.3 Å². The van der Waals surface area contributed by atoms with Crippen LogP contribution in [0, 0.1) is 11.3 Å². The summed E-state index contributed by atoms with van der Waals surface area (Å²) in [6.45, 7) is 4.27. The van der Waals surface area contributed by atoms with Gasteiger partial charge in [0.2, 0.25) is 5.91 Å². The number of thioether (sulfide) groups is 1. The number of ether oxygens (including phenoxy) is 1. The minimum Gasteiger partial charge on any atom is -0.494 e. The molecule has 0 saturated carbocycles. The summed E-state index contributed by atoms with van der Waals surface area (Å²) in [7, 11) is 0. The molecule has 3 N–H and O–H groups in total. The fourth-order valence-corrected chi connectivity index (χ4v) is 4.96. The minimum absolute atomic E-state index is 0.0720. The fourth-order valence-electron chi connectivity index (χ4n) is 4.07. The van der Waals surface area contributed by atoms with Crippen molar-refractivity contribution >= 4 is 35.0 Å². The predicted molar refractivity (Wildman–Crippen MR) is 149 cm³/mol. The molecule has 1 aliphatic rings. The first-order valence-electron chi connectivity index (χ1n) is 12.0.